The van der Waals surface area contributed by atoms with Gasteiger partial charge in [0.25, 0.3) is 0 Å². The summed E-state index contributed by atoms with van der Waals surface area (Å²) in [5.74, 6) is 2.10. The zero-order valence-electron chi connectivity index (χ0n) is 15.1. The molecule has 0 saturated carbocycles. The molecule has 8 heteroatoms. The second-order valence-corrected chi connectivity index (χ2v) is 8.47. The molecule has 1 atom stereocenters. The summed E-state index contributed by atoms with van der Waals surface area (Å²) in [6.07, 6.45) is 1.72. The summed E-state index contributed by atoms with van der Waals surface area (Å²) in [4.78, 5) is 4.40. The van der Waals surface area contributed by atoms with E-state index in [0.29, 0.717) is 31.2 Å². The molecule has 3 N–H and O–H groups in total. The van der Waals surface area contributed by atoms with Crippen LogP contribution in [0.1, 0.15) is 37.4 Å². The standard InChI is InChI=1S/C16H29N3O4S/c1-6-17-15(18-8-7-9-24(5,21)22)19-11-16(4,20)14-10-12(2)23-13(14)3/h10,20H,6-9,11H2,1-5H3,(H2,17,18,19). The fourth-order valence-corrected chi connectivity index (χ4v) is 3.04. The summed E-state index contributed by atoms with van der Waals surface area (Å²) in [6, 6.07) is 1.82. The molecule has 1 unspecified atom stereocenters. The molecule has 0 aliphatic rings. The highest BCUT2D eigenvalue weighted by Crippen LogP contribution is 2.27. The fourth-order valence-electron chi connectivity index (χ4n) is 2.37. The van der Waals surface area contributed by atoms with Gasteiger partial charge in [0.2, 0.25) is 0 Å². The van der Waals surface area contributed by atoms with Crippen molar-refractivity contribution in [2.24, 2.45) is 4.99 Å². The first kappa shape index (κ1) is 20.5. The summed E-state index contributed by atoms with van der Waals surface area (Å²) < 4.78 is 27.7. The van der Waals surface area contributed by atoms with Gasteiger partial charge in [-0.15, -0.1) is 0 Å². The van der Waals surface area contributed by atoms with E-state index in [2.05, 4.69) is 15.6 Å². The Morgan fingerprint density at radius 2 is 2.04 bits per heavy atom. The molecule has 0 bridgehead atoms. The highest BCUT2D eigenvalue weighted by atomic mass is 32.2. The minimum absolute atomic E-state index is 0.130. The number of rotatable bonds is 8. The summed E-state index contributed by atoms with van der Waals surface area (Å²) in [6.45, 7) is 8.61. The molecule has 24 heavy (non-hydrogen) atoms. The van der Waals surface area contributed by atoms with E-state index in [1.807, 2.05) is 26.8 Å². The van der Waals surface area contributed by atoms with Crippen molar-refractivity contribution in [2.75, 3.05) is 31.6 Å². The number of sulfone groups is 1. The van der Waals surface area contributed by atoms with E-state index in [1.165, 1.54) is 6.26 Å². The van der Waals surface area contributed by atoms with E-state index in [4.69, 9.17) is 4.42 Å². The maximum Gasteiger partial charge on any atom is 0.191 e. The summed E-state index contributed by atoms with van der Waals surface area (Å²) >= 11 is 0. The smallest absolute Gasteiger partial charge is 0.191 e. The van der Waals surface area contributed by atoms with Crippen molar-refractivity contribution in [3.8, 4) is 0 Å². The third-order valence-electron chi connectivity index (χ3n) is 3.49. The first-order valence-electron chi connectivity index (χ1n) is 8.05. The van der Waals surface area contributed by atoms with Crippen LogP contribution in [-0.2, 0) is 15.4 Å². The van der Waals surface area contributed by atoms with Gasteiger partial charge in [0.1, 0.15) is 27.0 Å². The Kier molecular flexibility index (Phi) is 7.28. The molecule has 0 aliphatic heterocycles. The van der Waals surface area contributed by atoms with Crippen LogP contribution in [0.2, 0.25) is 0 Å². The van der Waals surface area contributed by atoms with Crippen molar-refractivity contribution < 1.29 is 17.9 Å². The van der Waals surface area contributed by atoms with Gasteiger partial charge in [0, 0.05) is 24.9 Å². The quantitative estimate of drug-likeness (QED) is 0.365. The van der Waals surface area contributed by atoms with E-state index in [1.54, 1.807) is 6.92 Å². The number of furan rings is 1. The van der Waals surface area contributed by atoms with Gasteiger partial charge in [-0.25, -0.2) is 13.4 Å². The monoisotopic (exact) mass is 359 g/mol. The van der Waals surface area contributed by atoms with Crippen LogP contribution in [0.15, 0.2) is 15.5 Å². The van der Waals surface area contributed by atoms with Gasteiger partial charge in [0.15, 0.2) is 5.96 Å². The Morgan fingerprint density at radius 1 is 1.38 bits per heavy atom. The zero-order valence-corrected chi connectivity index (χ0v) is 16.0. The molecule has 1 heterocycles. The minimum atomic E-state index is -2.96. The maximum absolute atomic E-state index is 11.1. The van der Waals surface area contributed by atoms with Gasteiger partial charge >= 0.3 is 0 Å². The first-order chi connectivity index (χ1) is 11.0. The van der Waals surface area contributed by atoms with Crippen LogP contribution in [0.3, 0.4) is 0 Å². The number of hydrogen-bond donors (Lipinski definition) is 3. The molecule has 1 rings (SSSR count). The van der Waals surface area contributed by atoms with Gasteiger partial charge in [-0.3, -0.25) is 0 Å². The number of hydrogen-bond acceptors (Lipinski definition) is 5. The Morgan fingerprint density at radius 3 is 2.54 bits per heavy atom. The molecule has 7 nitrogen and oxygen atoms in total. The molecule has 0 fully saturated rings. The molecule has 0 amide bonds. The lowest BCUT2D eigenvalue weighted by Crippen LogP contribution is -2.39. The van der Waals surface area contributed by atoms with Crippen LogP contribution in [-0.4, -0.2) is 51.1 Å². The summed E-state index contributed by atoms with van der Waals surface area (Å²) in [7, 11) is -2.96. The molecular formula is C16H29N3O4S. The largest absolute Gasteiger partial charge is 0.466 e. The predicted molar refractivity (Wildman–Crippen MR) is 96.1 cm³/mol. The number of aryl methyl sites for hydroxylation is 2. The lowest BCUT2D eigenvalue weighted by atomic mass is 9.96. The average Bonchev–Trinajstić information content (AvgIpc) is 2.79. The highest BCUT2D eigenvalue weighted by Gasteiger charge is 2.27. The number of aliphatic imine (C=N–C) groups is 1. The van der Waals surface area contributed by atoms with E-state index in [-0.39, 0.29) is 12.3 Å². The lowest BCUT2D eigenvalue weighted by molar-refractivity contribution is 0.0657. The van der Waals surface area contributed by atoms with Crippen molar-refractivity contribution in [3.63, 3.8) is 0 Å². The van der Waals surface area contributed by atoms with Crippen LogP contribution >= 0.6 is 0 Å². The van der Waals surface area contributed by atoms with Gasteiger partial charge in [-0.2, -0.15) is 0 Å². The SMILES string of the molecule is CCNC(=NCC(C)(O)c1cc(C)oc1C)NCCCS(C)(=O)=O. The number of nitrogens with one attached hydrogen (secondary N) is 2. The van der Waals surface area contributed by atoms with E-state index < -0.39 is 15.4 Å². The Labute approximate surface area is 144 Å². The van der Waals surface area contributed by atoms with Crippen molar-refractivity contribution in [1.29, 1.82) is 0 Å². The summed E-state index contributed by atoms with van der Waals surface area (Å²) in [5.41, 5.74) is -0.423. The zero-order chi connectivity index (χ0) is 18.4. The first-order valence-corrected chi connectivity index (χ1v) is 10.1. The van der Waals surface area contributed by atoms with Crippen molar-refractivity contribution in [3.05, 3.63) is 23.2 Å². The highest BCUT2D eigenvalue weighted by molar-refractivity contribution is 7.90. The Hall–Kier alpha value is -1.54. The topological polar surface area (TPSA) is 104 Å². The maximum atomic E-state index is 11.1. The third-order valence-corrected chi connectivity index (χ3v) is 4.53. The van der Waals surface area contributed by atoms with Gasteiger partial charge in [-0.1, -0.05) is 0 Å². The van der Waals surface area contributed by atoms with Crippen molar-refractivity contribution >= 4 is 15.8 Å². The normalized spacial score (nSPS) is 15.2. The fraction of sp³-hybridized carbons (Fsp3) is 0.688. The van der Waals surface area contributed by atoms with E-state index in [0.717, 1.165) is 11.3 Å². The molecule has 0 aromatic carbocycles. The average molecular weight is 359 g/mol. The molecule has 1 aromatic heterocycles. The third kappa shape index (κ3) is 6.92. The van der Waals surface area contributed by atoms with E-state index in [9.17, 15) is 13.5 Å². The second kappa shape index (κ2) is 8.53. The van der Waals surface area contributed by atoms with Crippen LogP contribution in [0.25, 0.3) is 0 Å². The molecule has 1 aromatic rings. The van der Waals surface area contributed by atoms with Crippen LogP contribution in [0.5, 0.6) is 0 Å². The van der Waals surface area contributed by atoms with Crippen LogP contribution in [0, 0.1) is 13.8 Å². The van der Waals surface area contributed by atoms with Gasteiger partial charge in [-0.05, 0) is 40.2 Å². The number of guanidine groups is 1. The van der Waals surface area contributed by atoms with Crippen molar-refractivity contribution in [2.45, 2.75) is 39.7 Å². The van der Waals surface area contributed by atoms with Crippen LogP contribution < -0.4 is 10.6 Å². The molecule has 138 valence electrons. The molecule has 0 saturated heterocycles. The molecular weight excluding hydrogens is 330 g/mol. The Bertz CT molecular complexity index is 663. The van der Waals surface area contributed by atoms with E-state index >= 15 is 0 Å². The van der Waals surface area contributed by atoms with Gasteiger partial charge < -0.3 is 20.2 Å². The minimum Gasteiger partial charge on any atom is -0.466 e. The predicted octanol–water partition coefficient (Wildman–Crippen LogP) is 1.09. The molecule has 0 radical (unpaired) electrons. The number of aliphatic hydroxyl groups is 1. The van der Waals surface area contributed by atoms with Crippen molar-refractivity contribution in [1.82, 2.24) is 10.6 Å². The molecule has 0 spiro atoms. The molecule has 0 aliphatic carbocycles. The van der Waals surface area contributed by atoms with Gasteiger partial charge in [0.05, 0.1) is 12.3 Å². The lowest BCUT2D eigenvalue weighted by Gasteiger charge is -2.21. The van der Waals surface area contributed by atoms with Crippen LogP contribution in [0.4, 0.5) is 0 Å². The summed E-state index contributed by atoms with van der Waals surface area (Å²) in [5, 5.41) is 16.8. The Balaban J connectivity index is 2.68. The number of nitrogens with zero attached hydrogens (tertiary/aromatic N) is 1. The second-order valence-electron chi connectivity index (χ2n) is 6.21.